The Morgan fingerprint density at radius 1 is 1.20 bits per heavy atom. The largest absolute Gasteiger partial charge is 0.371 e. The predicted molar refractivity (Wildman–Crippen MR) is 86.4 cm³/mol. The molecule has 1 N–H and O–H groups in total. The van der Waals surface area contributed by atoms with Gasteiger partial charge in [-0.1, -0.05) is 38.0 Å². The quantitative estimate of drug-likeness (QED) is 0.824. The van der Waals surface area contributed by atoms with Crippen LogP contribution in [0.15, 0.2) is 24.3 Å². The predicted octanol–water partition coefficient (Wildman–Crippen LogP) is 3.61. The fraction of sp³-hybridized carbons (Fsp3) is 0.667. The maximum Gasteiger partial charge on any atom is 0.0398 e. The Morgan fingerprint density at radius 2 is 2.00 bits per heavy atom. The Hall–Kier alpha value is -1.02. The van der Waals surface area contributed by atoms with Gasteiger partial charge in [-0.3, -0.25) is 0 Å². The summed E-state index contributed by atoms with van der Waals surface area (Å²) < 4.78 is 0. The summed E-state index contributed by atoms with van der Waals surface area (Å²) in [5.74, 6) is 0.785. The molecule has 1 aliphatic heterocycles. The topological polar surface area (TPSA) is 15.3 Å². The minimum Gasteiger partial charge on any atom is -0.371 e. The molecule has 0 bridgehead atoms. The third-order valence-electron chi connectivity index (χ3n) is 4.83. The highest BCUT2D eigenvalue weighted by Crippen LogP contribution is 2.29. The molecule has 0 saturated heterocycles. The molecule has 20 heavy (non-hydrogen) atoms. The summed E-state index contributed by atoms with van der Waals surface area (Å²) in [6.07, 6.45) is 8.14. The van der Waals surface area contributed by atoms with Crippen LogP contribution in [-0.2, 0) is 6.42 Å². The molecule has 1 aliphatic carbocycles. The number of hydrogen-bond donors (Lipinski definition) is 1. The van der Waals surface area contributed by atoms with E-state index in [1.165, 1.54) is 69.4 Å². The van der Waals surface area contributed by atoms with Gasteiger partial charge in [-0.25, -0.2) is 0 Å². The normalized spacial score (nSPS) is 23.1. The molecule has 2 aliphatic rings. The molecule has 1 aromatic rings. The van der Waals surface area contributed by atoms with Gasteiger partial charge >= 0.3 is 0 Å². The van der Waals surface area contributed by atoms with Crippen LogP contribution in [0.2, 0.25) is 0 Å². The second-order valence-corrected chi connectivity index (χ2v) is 6.67. The number of hydrogen-bond acceptors (Lipinski definition) is 2. The van der Waals surface area contributed by atoms with Crippen molar-refractivity contribution < 1.29 is 0 Å². The molecule has 110 valence electrons. The number of para-hydroxylation sites is 1. The highest BCUT2D eigenvalue weighted by atomic mass is 15.1. The monoisotopic (exact) mass is 272 g/mol. The fourth-order valence-electron chi connectivity index (χ4n) is 3.82. The zero-order valence-electron chi connectivity index (χ0n) is 12.8. The first-order chi connectivity index (χ1) is 9.83. The molecule has 0 aromatic heterocycles. The third-order valence-corrected chi connectivity index (χ3v) is 4.83. The number of rotatable bonds is 5. The van der Waals surface area contributed by atoms with Crippen molar-refractivity contribution in [3.63, 3.8) is 0 Å². The molecule has 3 rings (SSSR count). The minimum absolute atomic E-state index is 0.785. The lowest BCUT2D eigenvalue weighted by atomic mass is 9.94. The first-order valence-electron chi connectivity index (χ1n) is 8.39. The highest BCUT2D eigenvalue weighted by Gasteiger charge is 2.21. The van der Waals surface area contributed by atoms with Gasteiger partial charge in [-0.15, -0.1) is 0 Å². The van der Waals surface area contributed by atoms with E-state index in [0.717, 1.165) is 12.0 Å². The lowest BCUT2D eigenvalue weighted by molar-refractivity contribution is 0.493. The molecule has 1 heterocycles. The number of benzene rings is 1. The van der Waals surface area contributed by atoms with Gasteiger partial charge in [-0.2, -0.15) is 0 Å². The minimum atomic E-state index is 0.785. The van der Waals surface area contributed by atoms with E-state index in [-0.39, 0.29) is 0 Å². The van der Waals surface area contributed by atoms with Crippen molar-refractivity contribution in [3.05, 3.63) is 29.8 Å². The van der Waals surface area contributed by atoms with Gasteiger partial charge in [0.15, 0.2) is 0 Å². The van der Waals surface area contributed by atoms with E-state index in [1.807, 2.05) is 0 Å². The molecule has 0 radical (unpaired) electrons. The third kappa shape index (κ3) is 3.35. The fourth-order valence-corrected chi connectivity index (χ4v) is 3.82. The lowest BCUT2D eigenvalue weighted by Gasteiger charge is -2.35. The van der Waals surface area contributed by atoms with Gasteiger partial charge in [0.25, 0.3) is 0 Å². The van der Waals surface area contributed by atoms with Crippen LogP contribution >= 0.6 is 0 Å². The van der Waals surface area contributed by atoms with Crippen molar-refractivity contribution in [2.24, 2.45) is 5.92 Å². The smallest absolute Gasteiger partial charge is 0.0398 e. The first kappa shape index (κ1) is 13.9. The molecule has 1 unspecified atom stereocenters. The van der Waals surface area contributed by atoms with Gasteiger partial charge in [0, 0.05) is 24.8 Å². The number of nitrogens with one attached hydrogen (secondary N) is 1. The van der Waals surface area contributed by atoms with Gasteiger partial charge in [0.05, 0.1) is 0 Å². The summed E-state index contributed by atoms with van der Waals surface area (Å²) in [4.78, 5) is 2.60. The van der Waals surface area contributed by atoms with E-state index >= 15 is 0 Å². The van der Waals surface area contributed by atoms with E-state index in [2.05, 4.69) is 41.4 Å². The van der Waals surface area contributed by atoms with Crippen LogP contribution in [0.3, 0.4) is 0 Å². The Kier molecular flexibility index (Phi) is 4.62. The molecule has 1 aromatic carbocycles. The van der Waals surface area contributed by atoms with E-state index in [9.17, 15) is 0 Å². The molecule has 1 atom stereocenters. The maximum atomic E-state index is 3.73. The van der Waals surface area contributed by atoms with Crippen LogP contribution in [0.1, 0.15) is 44.6 Å². The first-order valence-corrected chi connectivity index (χ1v) is 8.39. The molecule has 0 spiro atoms. The Labute approximate surface area is 123 Å². The maximum absolute atomic E-state index is 3.73. The van der Waals surface area contributed by atoms with E-state index in [0.29, 0.717) is 0 Å². The number of anilines is 1. The molecule has 2 nitrogen and oxygen atoms in total. The summed E-state index contributed by atoms with van der Waals surface area (Å²) in [5.41, 5.74) is 3.02. The molecule has 2 heteroatoms. The second kappa shape index (κ2) is 6.62. The summed E-state index contributed by atoms with van der Waals surface area (Å²) in [5, 5.41) is 3.73. The summed E-state index contributed by atoms with van der Waals surface area (Å²) in [7, 11) is 0. The van der Waals surface area contributed by atoms with Crippen molar-refractivity contribution in [3.8, 4) is 0 Å². The molecular formula is C18H28N2. The highest BCUT2D eigenvalue weighted by molar-refractivity contribution is 5.55. The van der Waals surface area contributed by atoms with Crippen LogP contribution in [0.4, 0.5) is 5.69 Å². The molecule has 1 fully saturated rings. The van der Waals surface area contributed by atoms with Gasteiger partial charge in [0.1, 0.15) is 0 Å². The Balaban J connectivity index is 1.49. The standard InChI is InChI=1S/C18H28N2/c1-15-13-16-7-2-5-10-18(16)20(14-15)12-6-11-19-17-8-3-4-9-17/h2,5,7,10,15,17,19H,3-4,6,8-9,11-14H2,1H3. The molecule has 1 saturated carbocycles. The van der Waals surface area contributed by atoms with Crippen molar-refractivity contribution in [1.82, 2.24) is 5.32 Å². The van der Waals surface area contributed by atoms with Crippen molar-refractivity contribution >= 4 is 5.69 Å². The summed E-state index contributed by atoms with van der Waals surface area (Å²) in [6.45, 7) is 5.97. The van der Waals surface area contributed by atoms with Crippen LogP contribution in [0, 0.1) is 5.92 Å². The van der Waals surface area contributed by atoms with Crippen molar-refractivity contribution in [2.75, 3.05) is 24.5 Å². The second-order valence-electron chi connectivity index (χ2n) is 6.67. The molecule has 0 amide bonds. The van der Waals surface area contributed by atoms with Crippen LogP contribution in [0.25, 0.3) is 0 Å². The van der Waals surface area contributed by atoms with E-state index < -0.39 is 0 Å². The SMILES string of the molecule is CC1Cc2ccccc2N(CCCNC2CCCC2)C1. The number of nitrogens with zero attached hydrogens (tertiary/aromatic N) is 1. The van der Waals surface area contributed by atoms with Gasteiger partial charge in [-0.05, 0) is 49.8 Å². The van der Waals surface area contributed by atoms with Crippen LogP contribution < -0.4 is 10.2 Å². The van der Waals surface area contributed by atoms with E-state index in [4.69, 9.17) is 0 Å². The van der Waals surface area contributed by atoms with E-state index in [1.54, 1.807) is 0 Å². The average molecular weight is 272 g/mol. The Bertz CT molecular complexity index is 423. The summed E-state index contributed by atoms with van der Waals surface area (Å²) >= 11 is 0. The number of fused-ring (bicyclic) bond motifs is 1. The Morgan fingerprint density at radius 3 is 2.85 bits per heavy atom. The van der Waals surface area contributed by atoms with Gasteiger partial charge < -0.3 is 10.2 Å². The van der Waals surface area contributed by atoms with Gasteiger partial charge in [0.2, 0.25) is 0 Å². The lowest BCUT2D eigenvalue weighted by Crippen LogP contribution is -2.37. The van der Waals surface area contributed by atoms with Crippen molar-refractivity contribution in [2.45, 2.75) is 51.5 Å². The zero-order chi connectivity index (χ0) is 13.8. The molecular weight excluding hydrogens is 244 g/mol. The van der Waals surface area contributed by atoms with Crippen molar-refractivity contribution in [1.29, 1.82) is 0 Å². The summed E-state index contributed by atoms with van der Waals surface area (Å²) in [6, 6.07) is 9.76. The zero-order valence-corrected chi connectivity index (χ0v) is 12.8. The van der Waals surface area contributed by atoms with Crippen LogP contribution in [-0.4, -0.2) is 25.7 Å². The average Bonchev–Trinajstić information content (AvgIpc) is 2.96. The van der Waals surface area contributed by atoms with Crippen LogP contribution in [0.5, 0.6) is 0 Å².